The summed E-state index contributed by atoms with van der Waals surface area (Å²) in [6.45, 7) is 2.10. The van der Waals surface area contributed by atoms with Gasteiger partial charge in [-0.25, -0.2) is 0 Å². The predicted octanol–water partition coefficient (Wildman–Crippen LogP) is 2.66. The summed E-state index contributed by atoms with van der Waals surface area (Å²) in [7, 11) is -1.98. The normalized spacial score (nSPS) is 10.7. The zero-order chi connectivity index (χ0) is 13.8. The van der Waals surface area contributed by atoms with Crippen molar-refractivity contribution in [3.8, 4) is 5.75 Å². The van der Waals surface area contributed by atoms with Gasteiger partial charge in [0, 0.05) is 0 Å². The minimum Gasteiger partial charge on any atom is -0.497 e. The molecule has 2 aromatic carbocycles. The molecule has 0 aliphatic carbocycles. The van der Waals surface area contributed by atoms with E-state index in [9.17, 15) is 8.42 Å². The molecule has 0 spiro atoms. The maximum Gasteiger partial charge on any atom is 0.261 e. The molecular formula is C13H16O4S. The van der Waals surface area contributed by atoms with Crippen LogP contribution < -0.4 is 4.74 Å². The van der Waals surface area contributed by atoms with E-state index in [1.54, 1.807) is 7.11 Å². The topological polar surface area (TPSA) is 63.6 Å². The fraction of sp³-hybridized carbons (Fsp3) is 0.231. The number of hydrogen-bond acceptors (Lipinski definition) is 3. The van der Waals surface area contributed by atoms with E-state index in [1.165, 1.54) is 16.3 Å². The lowest BCUT2D eigenvalue weighted by Crippen LogP contribution is -1.88. The number of aryl methyl sites for hydroxylation is 1. The van der Waals surface area contributed by atoms with Gasteiger partial charge in [-0.05, 0) is 29.8 Å². The van der Waals surface area contributed by atoms with Crippen molar-refractivity contribution in [2.24, 2.45) is 0 Å². The predicted molar refractivity (Wildman–Crippen MR) is 72.7 cm³/mol. The van der Waals surface area contributed by atoms with E-state index in [0.29, 0.717) is 6.26 Å². The van der Waals surface area contributed by atoms with E-state index in [2.05, 4.69) is 37.3 Å². The Morgan fingerprint density at radius 3 is 2.11 bits per heavy atom. The summed E-state index contributed by atoms with van der Waals surface area (Å²) >= 11 is 0. The summed E-state index contributed by atoms with van der Waals surface area (Å²) < 4.78 is 31.0. The summed E-state index contributed by atoms with van der Waals surface area (Å²) in [5.74, 6) is 0.913. The van der Waals surface area contributed by atoms with Crippen molar-refractivity contribution in [2.75, 3.05) is 13.4 Å². The molecule has 98 valence electrons. The Balaban J connectivity index is 0.000000280. The fourth-order valence-corrected chi connectivity index (χ4v) is 1.47. The van der Waals surface area contributed by atoms with Gasteiger partial charge in [0.05, 0.1) is 13.4 Å². The summed E-state index contributed by atoms with van der Waals surface area (Å²) in [5.41, 5.74) is 1.29. The van der Waals surface area contributed by atoms with Crippen LogP contribution in [0.1, 0.15) is 5.56 Å². The summed E-state index contributed by atoms with van der Waals surface area (Å²) in [5, 5.41) is 2.49. The van der Waals surface area contributed by atoms with Crippen LogP contribution in [0.4, 0.5) is 0 Å². The maximum absolute atomic E-state index is 9.19. The van der Waals surface area contributed by atoms with Crippen LogP contribution >= 0.6 is 0 Å². The molecule has 18 heavy (non-hydrogen) atoms. The van der Waals surface area contributed by atoms with Gasteiger partial charge in [-0.2, -0.15) is 8.42 Å². The molecule has 0 aromatic heterocycles. The lowest BCUT2D eigenvalue weighted by molar-refractivity contribution is 0.415. The molecule has 0 heterocycles. The van der Waals surface area contributed by atoms with Gasteiger partial charge in [0.15, 0.2) is 0 Å². The van der Waals surface area contributed by atoms with Crippen molar-refractivity contribution in [3.05, 3.63) is 42.0 Å². The standard InChI is InChI=1S/C12H12O.CH4O3S/c1-9-3-4-11-8-12(13-2)6-5-10(11)7-9;1-5(2,3)4/h3-8H,1-2H3;1H3,(H,2,3,4). The van der Waals surface area contributed by atoms with E-state index in [0.717, 1.165) is 5.75 Å². The molecule has 0 saturated heterocycles. The maximum atomic E-state index is 9.19. The molecule has 0 fully saturated rings. The third kappa shape index (κ3) is 5.16. The highest BCUT2D eigenvalue weighted by atomic mass is 32.2. The number of rotatable bonds is 1. The average molecular weight is 268 g/mol. The molecule has 1 N–H and O–H groups in total. The van der Waals surface area contributed by atoms with Gasteiger partial charge in [-0.1, -0.05) is 29.8 Å². The Bertz CT molecular complexity index is 624. The van der Waals surface area contributed by atoms with Crippen molar-refractivity contribution < 1.29 is 17.7 Å². The highest BCUT2D eigenvalue weighted by Gasteiger charge is 1.95. The van der Waals surface area contributed by atoms with E-state index < -0.39 is 10.1 Å². The number of fused-ring (bicyclic) bond motifs is 1. The van der Waals surface area contributed by atoms with Gasteiger partial charge in [0.1, 0.15) is 5.75 Å². The molecule has 0 aliphatic rings. The van der Waals surface area contributed by atoms with Crippen molar-refractivity contribution in [1.82, 2.24) is 0 Å². The Labute approximate surface area is 107 Å². The van der Waals surface area contributed by atoms with Crippen LogP contribution in [0, 0.1) is 6.92 Å². The number of benzene rings is 2. The van der Waals surface area contributed by atoms with E-state index in [-0.39, 0.29) is 0 Å². The van der Waals surface area contributed by atoms with Crippen molar-refractivity contribution in [2.45, 2.75) is 6.92 Å². The summed E-state index contributed by atoms with van der Waals surface area (Å²) in [6, 6.07) is 12.5. The second-order valence-corrected chi connectivity index (χ2v) is 5.42. The number of methoxy groups -OCH3 is 1. The average Bonchev–Trinajstić information content (AvgIpc) is 2.26. The molecule has 0 aliphatic heterocycles. The highest BCUT2D eigenvalue weighted by Crippen LogP contribution is 2.21. The van der Waals surface area contributed by atoms with Crippen LogP contribution in [0.2, 0.25) is 0 Å². The van der Waals surface area contributed by atoms with Crippen LogP contribution in [0.5, 0.6) is 5.75 Å². The van der Waals surface area contributed by atoms with Crippen LogP contribution in [-0.4, -0.2) is 26.3 Å². The molecule has 0 amide bonds. The van der Waals surface area contributed by atoms with Crippen molar-refractivity contribution in [1.29, 1.82) is 0 Å². The highest BCUT2D eigenvalue weighted by molar-refractivity contribution is 7.85. The molecule has 0 radical (unpaired) electrons. The minimum atomic E-state index is -3.67. The Hall–Kier alpha value is -1.59. The molecule has 0 unspecified atom stereocenters. The molecule has 5 heteroatoms. The third-order valence-corrected chi connectivity index (χ3v) is 2.20. The zero-order valence-electron chi connectivity index (χ0n) is 10.5. The minimum absolute atomic E-state index is 0.715. The largest absolute Gasteiger partial charge is 0.497 e. The van der Waals surface area contributed by atoms with Crippen LogP contribution in [-0.2, 0) is 10.1 Å². The number of hydrogen-bond donors (Lipinski definition) is 1. The molecule has 0 saturated carbocycles. The van der Waals surface area contributed by atoms with E-state index in [1.807, 2.05) is 6.07 Å². The van der Waals surface area contributed by atoms with Gasteiger partial charge in [0.25, 0.3) is 10.1 Å². The molecule has 0 bridgehead atoms. The first-order chi connectivity index (χ1) is 8.29. The summed E-state index contributed by atoms with van der Waals surface area (Å²) in [6.07, 6.45) is 0.715. The lowest BCUT2D eigenvalue weighted by atomic mass is 10.1. The fourth-order valence-electron chi connectivity index (χ4n) is 1.47. The smallest absolute Gasteiger partial charge is 0.261 e. The molecule has 2 aromatic rings. The van der Waals surface area contributed by atoms with Gasteiger partial charge in [-0.15, -0.1) is 0 Å². The van der Waals surface area contributed by atoms with Crippen molar-refractivity contribution in [3.63, 3.8) is 0 Å². The van der Waals surface area contributed by atoms with Gasteiger partial charge in [-0.3, -0.25) is 4.55 Å². The SMILES string of the molecule is COc1ccc2cc(C)ccc2c1.CS(=O)(=O)O. The monoisotopic (exact) mass is 268 g/mol. The Morgan fingerprint density at radius 2 is 1.56 bits per heavy atom. The summed E-state index contributed by atoms with van der Waals surface area (Å²) in [4.78, 5) is 0. The second kappa shape index (κ2) is 5.84. The quantitative estimate of drug-likeness (QED) is 0.808. The van der Waals surface area contributed by atoms with Gasteiger partial charge < -0.3 is 4.74 Å². The first kappa shape index (κ1) is 14.5. The van der Waals surface area contributed by atoms with Crippen LogP contribution in [0.15, 0.2) is 36.4 Å². The van der Waals surface area contributed by atoms with Gasteiger partial charge in [0.2, 0.25) is 0 Å². The van der Waals surface area contributed by atoms with Crippen molar-refractivity contribution >= 4 is 20.9 Å². The lowest BCUT2D eigenvalue weighted by Gasteiger charge is -2.02. The first-order valence-electron chi connectivity index (χ1n) is 5.26. The Morgan fingerprint density at radius 1 is 1.06 bits per heavy atom. The van der Waals surface area contributed by atoms with Crippen LogP contribution in [0.25, 0.3) is 10.8 Å². The van der Waals surface area contributed by atoms with E-state index >= 15 is 0 Å². The van der Waals surface area contributed by atoms with Gasteiger partial charge >= 0.3 is 0 Å². The number of ether oxygens (including phenoxy) is 1. The third-order valence-electron chi connectivity index (χ3n) is 2.20. The zero-order valence-corrected chi connectivity index (χ0v) is 11.4. The molecule has 0 atom stereocenters. The molecular weight excluding hydrogens is 252 g/mol. The first-order valence-corrected chi connectivity index (χ1v) is 7.11. The molecule has 2 rings (SSSR count). The molecule has 4 nitrogen and oxygen atoms in total. The van der Waals surface area contributed by atoms with E-state index in [4.69, 9.17) is 9.29 Å². The van der Waals surface area contributed by atoms with Crippen LogP contribution in [0.3, 0.4) is 0 Å². The second-order valence-electron chi connectivity index (χ2n) is 3.95. The Kier molecular flexibility index (Phi) is 4.69.